The fourth-order valence-corrected chi connectivity index (χ4v) is 1.22. The van der Waals surface area contributed by atoms with Gasteiger partial charge in [-0.05, 0) is 11.1 Å². The minimum absolute atomic E-state index is 0.0761. The van der Waals surface area contributed by atoms with Gasteiger partial charge in [0.05, 0.1) is 12.5 Å². The molecule has 0 aliphatic heterocycles. The third-order valence-corrected chi connectivity index (χ3v) is 2.19. The molecule has 16 heavy (non-hydrogen) atoms. The van der Waals surface area contributed by atoms with Crippen LogP contribution in [-0.4, -0.2) is 13.1 Å². The maximum atomic E-state index is 11.2. The van der Waals surface area contributed by atoms with E-state index >= 15 is 0 Å². The smallest absolute Gasteiger partial charge is 0.308 e. The summed E-state index contributed by atoms with van der Waals surface area (Å²) >= 11 is 0. The van der Waals surface area contributed by atoms with Gasteiger partial charge < -0.3 is 9.47 Å². The highest BCUT2D eigenvalue weighted by Crippen LogP contribution is 2.08. The molecule has 0 saturated carbocycles. The number of hydrogen-bond donors (Lipinski definition) is 0. The van der Waals surface area contributed by atoms with Crippen molar-refractivity contribution in [1.29, 1.82) is 0 Å². The van der Waals surface area contributed by atoms with Gasteiger partial charge in [0.1, 0.15) is 6.61 Å². The van der Waals surface area contributed by atoms with Gasteiger partial charge in [-0.15, -0.1) is 0 Å². The molecule has 0 aliphatic carbocycles. The Kier molecular flexibility index (Phi) is 4.99. The SMILES string of the molecule is COCc1ccc(COC(=O)C(C)C)cc1. The normalized spacial score (nSPS) is 10.5. The van der Waals surface area contributed by atoms with Gasteiger partial charge in [-0.25, -0.2) is 0 Å². The van der Waals surface area contributed by atoms with Crippen LogP contribution in [-0.2, 0) is 27.5 Å². The Morgan fingerprint density at radius 2 is 1.62 bits per heavy atom. The second-order valence-electron chi connectivity index (χ2n) is 4.01. The van der Waals surface area contributed by atoms with E-state index in [9.17, 15) is 4.79 Å². The average molecular weight is 222 g/mol. The third kappa shape index (κ3) is 4.03. The molecule has 3 heteroatoms. The summed E-state index contributed by atoms with van der Waals surface area (Å²) in [6.07, 6.45) is 0. The molecule has 0 bridgehead atoms. The van der Waals surface area contributed by atoms with Gasteiger partial charge in [-0.2, -0.15) is 0 Å². The third-order valence-electron chi connectivity index (χ3n) is 2.19. The van der Waals surface area contributed by atoms with Crippen molar-refractivity contribution in [1.82, 2.24) is 0 Å². The molecule has 0 spiro atoms. The van der Waals surface area contributed by atoms with Crippen LogP contribution in [0.15, 0.2) is 24.3 Å². The van der Waals surface area contributed by atoms with Crippen LogP contribution in [0, 0.1) is 5.92 Å². The van der Waals surface area contributed by atoms with E-state index < -0.39 is 0 Å². The molecule has 0 atom stereocenters. The Morgan fingerprint density at radius 1 is 1.12 bits per heavy atom. The highest BCUT2D eigenvalue weighted by Gasteiger charge is 2.07. The van der Waals surface area contributed by atoms with Crippen LogP contribution in [0.2, 0.25) is 0 Å². The van der Waals surface area contributed by atoms with Gasteiger partial charge in [0.25, 0.3) is 0 Å². The zero-order valence-electron chi connectivity index (χ0n) is 10.0. The summed E-state index contributed by atoms with van der Waals surface area (Å²) in [6, 6.07) is 7.84. The van der Waals surface area contributed by atoms with Crippen molar-refractivity contribution in [3.63, 3.8) is 0 Å². The quantitative estimate of drug-likeness (QED) is 0.718. The van der Waals surface area contributed by atoms with Crippen LogP contribution >= 0.6 is 0 Å². The maximum absolute atomic E-state index is 11.2. The molecule has 1 aromatic carbocycles. The van der Waals surface area contributed by atoms with Crippen molar-refractivity contribution in [2.75, 3.05) is 7.11 Å². The average Bonchev–Trinajstić information content (AvgIpc) is 2.28. The standard InChI is InChI=1S/C13H18O3/c1-10(2)13(14)16-9-12-6-4-11(5-7-12)8-15-3/h4-7,10H,8-9H2,1-3H3. The number of esters is 1. The first kappa shape index (κ1) is 12.7. The first-order valence-corrected chi connectivity index (χ1v) is 5.37. The van der Waals surface area contributed by atoms with E-state index in [0.29, 0.717) is 13.2 Å². The molecular formula is C13H18O3. The molecule has 88 valence electrons. The Labute approximate surface area is 96.4 Å². The number of carbonyl (C=O) groups excluding carboxylic acids is 1. The predicted molar refractivity (Wildman–Crippen MR) is 61.8 cm³/mol. The van der Waals surface area contributed by atoms with Gasteiger partial charge in [0, 0.05) is 7.11 Å². The fourth-order valence-electron chi connectivity index (χ4n) is 1.22. The van der Waals surface area contributed by atoms with Crippen molar-refractivity contribution >= 4 is 5.97 Å². The van der Waals surface area contributed by atoms with E-state index in [1.165, 1.54) is 0 Å². The summed E-state index contributed by atoms with van der Waals surface area (Å²) in [5, 5.41) is 0. The molecule has 0 unspecified atom stereocenters. The van der Waals surface area contributed by atoms with E-state index in [4.69, 9.17) is 9.47 Å². The lowest BCUT2D eigenvalue weighted by molar-refractivity contribution is -0.148. The summed E-state index contributed by atoms with van der Waals surface area (Å²) in [5.74, 6) is -0.242. The van der Waals surface area contributed by atoms with Crippen molar-refractivity contribution in [2.24, 2.45) is 5.92 Å². The fraction of sp³-hybridized carbons (Fsp3) is 0.462. The first-order chi connectivity index (χ1) is 7.63. The molecule has 0 amide bonds. The minimum Gasteiger partial charge on any atom is -0.461 e. The summed E-state index contributed by atoms with van der Waals surface area (Å²) < 4.78 is 10.1. The molecule has 3 nitrogen and oxygen atoms in total. The van der Waals surface area contributed by atoms with Crippen molar-refractivity contribution in [3.05, 3.63) is 35.4 Å². The van der Waals surface area contributed by atoms with E-state index in [1.807, 2.05) is 38.1 Å². The van der Waals surface area contributed by atoms with Crippen LogP contribution < -0.4 is 0 Å². The zero-order chi connectivity index (χ0) is 12.0. The molecule has 0 N–H and O–H groups in total. The highest BCUT2D eigenvalue weighted by atomic mass is 16.5. The largest absolute Gasteiger partial charge is 0.461 e. The number of rotatable bonds is 5. The van der Waals surface area contributed by atoms with Gasteiger partial charge in [-0.1, -0.05) is 38.1 Å². The number of carbonyl (C=O) groups is 1. The van der Waals surface area contributed by atoms with Crippen LogP contribution in [0.25, 0.3) is 0 Å². The lowest BCUT2D eigenvalue weighted by Crippen LogP contribution is -2.11. The van der Waals surface area contributed by atoms with Gasteiger partial charge >= 0.3 is 5.97 Å². The summed E-state index contributed by atoms with van der Waals surface area (Å²) in [5.41, 5.74) is 2.11. The maximum Gasteiger partial charge on any atom is 0.308 e. The van der Waals surface area contributed by atoms with Crippen molar-refractivity contribution in [3.8, 4) is 0 Å². The molecule has 1 aromatic rings. The predicted octanol–water partition coefficient (Wildman–Crippen LogP) is 2.53. The Morgan fingerprint density at radius 3 is 2.06 bits per heavy atom. The molecular weight excluding hydrogens is 204 g/mol. The molecule has 0 heterocycles. The number of benzene rings is 1. The highest BCUT2D eigenvalue weighted by molar-refractivity contribution is 5.71. The molecule has 0 saturated heterocycles. The number of hydrogen-bond acceptors (Lipinski definition) is 3. The molecule has 0 fully saturated rings. The van der Waals surface area contributed by atoms with Crippen LogP contribution in [0.1, 0.15) is 25.0 Å². The summed E-state index contributed by atoms with van der Waals surface area (Å²) in [4.78, 5) is 11.2. The van der Waals surface area contributed by atoms with Gasteiger partial charge in [-0.3, -0.25) is 4.79 Å². The summed E-state index contributed by atoms with van der Waals surface area (Å²) in [6.45, 7) is 4.59. The van der Waals surface area contributed by atoms with E-state index in [2.05, 4.69) is 0 Å². The minimum atomic E-state index is -0.166. The van der Waals surface area contributed by atoms with E-state index in [0.717, 1.165) is 11.1 Å². The molecule has 0 aromatic heterocycles. The Bertz CT molecular complexity index is 328. The zero-order valence-corrected chi connectivity index (χ0v) is 10.0. The lowest BCUT2D eigenvalue weighted by atomic mass is 10.1. The number of ether oxygens (including phenoxy) is 2. The monoisotopic (exact) mass is 222 g/mol. The van der Waals surface area contributed by atoms with Gasteiger partial charge in [0.15, 0.2) is 0 Å². The van der Waals surface area contributed by atoms with Crippen LogP contribution in [0.4, 0.5) is 0 Å². The summed E-state index contributed by atoms with van der Waals surface area (Å²) in [7, 11) is 1.67. The molecule has 1 rings (SSSR count). The second kappa shape index (κ2) is 6.28. The second-order valence-corrected chi connectivity index (χ2v) is 4.01. The lowest BCUT2D eigenvalue weighted by Gasteiger charge is -2.07. The molecule has 0 aliphatic rings. The molecule has 0 radical (unpaired) electrons. The van der Waals surface area contributed by atoms with E-state index in [1.54, 1.807) is 7.11 Å². The van der Waals surface area contributed by atoms with E-state index in [-0.39, 0.29) is 11.9 Å². The van der Waals surface area contributed by atoms with Crippen LogP contribution in [0.3, 0.4) is 0 Å². The topological polar surface area (TPSA) is 35.5 Å². The Hall–Kier alpha value is -1.35. The first-order valence-electron chi connectivity index (χ1n) is 5.37. The van der Waals surface area contributed by atoms with Crippen molar-refractivity contribution < 1.29 is 14.3 Å². The number of methoxy groups -OCH3 is 1. The van der Waals surface area contributed by atoms with Gasteiger partial charge in [0.2, 0.25) is 0 Å². The van der Waals surface area contributed by atoms with Crippen LogP contribution in [0.5, 0.6) is 0 Å². The Balaban J connectivity index is 2.46. The van der Waals surface area contributed by atoms with Crippen molar-refractivity contribution in [2.45, 2.75) is 27.1 Å².